The third-order valence-corrected chi connectivity index (χ3v) is 3.53. The Labute approximate surface area is 162 Å². The average Bonchev–Trinajstić information content (AvgIpc) is 2.60. The van der Waals surface area contributed by atoms with E-state index in [4.69, 9.17) is 9.47 Å². The topological polar surface area (TPSA) is 81.7 Å². The highest BCUT2D eigenvalue weighted by molar-refractivity contribution is 6.01. The lowest BCUT2D eigenvalue weighted by Crippen LogP contribution is -2.27. The van der Waals surface area contributed by atoms with Crippen molar-refractivity contribution in [3.8, 4) is 0 Å². The molecular weight excluding hydrogens is 365 g/mol. The van der Waals surface area contributed by atoms with Gasteiger partial charge in [-0.3, -0.25) is 10.1 Å². The number of nitrogens with one attached hydrogen (secondary N) is 1. The van der Waals surface area contributed by atoms with Gasteiger partial charge < -0.3 is 9.47 Å². The smallest absolute Gasteiger partial charge is 0.412 e. The van der Waals surface area contributed by atoms with Gasteiger partial charge in [0.05, 0.1) is 5.56 Å². The molecule has 0 aliphatic rings. The van der Waals surface area contributed by atoms with Gasteiger partial charge in [-0.2, -0.15) is 0 Å². The van der Waals surface area contributed by atoms with Crippen LogP contribution in [0.3, 0.4) is 0 Å². The molecule has 0 unspecified atom stereocenters. The first-order valence-electron chi connectivity index (χ1n) is 8.66. The van der Waals surface area contributed by atoms with Crippen molar-refractivity contribution < 1.29 is 28.2 Å². The van der Waals surface area contributed by atoms with Crippen molar-refractivity contribution in [1.82, 2.24) is 0 Å². The molecule has 0 spiro atoms. The zero-order valence-corrected chi connectivity index (χ0v) is 16.1. The van der Waals surface area contributed by atoms with Crippen molar-refractivity contribution in [3.05, 3.63) is 65.5 Å². The summed E-state index contributed by atoms with van der Waals surface area (Å²) in [6.07, 6.45) is -1.71. The van der Waals surface area contributed by atoms with Crippen LogP contribution in [0.4, 0.5) is 14.9 Å². The Bertz CT molecular complexity index is 871. The van der Waals surface area contributed by atoms with Gasteiger partial charge in [-0.05, 0) is 70.2 Å². The Morgan fingerprint density at radius 1 is 1.00 bits per heavy atom. The van der Waals surface area contributed by atoms with E-state index < -0.39 is 35.4 Å². The standard InChI is InChI=1S/C21H22FNO5/c1-13(18(24)14-8-10-16(22)11-9-14)27-19(25)15-6-5-7-17(12-15)23-20(26)28-21(2,3)4/h5-13H,1-4H3,(H,23,26)/t13-/m0/s1. The van der Waals surface area contributed by atoms with Crippen LogP contribution < -0.4 is 5.32 Å². The molecule has 28 heavy (non-hydrogen) atoms. The molecule has 2 aromatic rings. The molecule has 1 N–H and O–H groups in total. The number of anilines is 1. The molecule has 0 fully saturated rings. The lowest BCUT2D eigenvalue weighted by Gasteiger charge is -2.19. The highest BCUT2D eigenvalue weighted by Crippen LogP contribution is 2.16. The van der Waals surface area contributed by atoms with Crippen LogP contribution in [0.5, 0.6) is 0 Å². The molecule has 6 nitrogen and oxygen atoms in total. The number of hydrogen-bond donors (Lipinski definition) is 1. The lowest BCUT2D eigenvalue weighted by molar-refractivity contribution is 0.0318. The molecule has 2 rings (SSSR count). The number of halogens is 1. The summed E-state index contributed by atoms with van der Waals surface area (Å²) in [6, 6.07) is 11.0. The summed E-state index contributed by atoms with van der Waals surface area (Å²) in [5.74, 6) is -1.64. The Morgan fingerprint density at radius 3 is 2.25 bits per heavy atom. The van der Waals surface area contributed by atoms with Crippen molar-refractivity contribution in [2.45, 2.75) is 39.4 Å². The summed E-state index contributed by atoms with van der Waals surface area (Å²) in [5, 5.41) is 2.53. The van der Waals surface area contributed by atoms with E-state index in [1.165, 1.54) is 31.2 Å². The fourth-order valence-corrected chi connectivity index (χ4v) is 2.28. The van der Waals surface area contributed by atoms with Crippen molar-refractivity contribution in [1.29, 1.82) is 0 Å². The molecule has 1 atom stereocenters. The fourth-order valence-electron chi connectivity index (χ4n) is 2.28. The minimum atomic E-state index is -1.06. The van der Waals surface area contributed by atoms with Crippen LogP contribution in [0.25, 0.3) is 0 Å². The van der Waals surface area contributed by atoms with E-state index >= 15 is 0 Å². The molecule has 0 radical (unpaired) electrons. The van der Waals surface area contributed by atoms with Gasteiger partial charge >= 0.3 is 12.1 Å². The largest absolute Gasteiger partial charge is 0.451 e. The third kappa shape index (κ3) is 6.19. The van der Waals surface area contributed by atoms with Gasteiger partial charge in [0, 0.05) is 11.3 Å². The first-order valence-corrected chi connectivity index (χ1v) is 8.66. The van der Waals surface area contributed by atoms with Gasteiger partial charge in [0.1, 0.15) is 11.4 Å². The number of rotatable bonds is 5. The SMILES string of the molecule is C[C@H](OC(=O)c1cccc(NC(=O)OC(C)(C)C)c1)C(=O)c1ccc(F)cc1. The minimum Gasteiger partial charge on any atom is -0.451 e. The van der Waals surface area contributed by atoms with E-state index in [2.05, 4.69) is 5.32 Å². The van der Waals surface area contributed by atoms with Crippen molar-refractivity contribution >= 4 is 23.5 Å². The Kier molecular flexibility index (Phi) is 6.51. The third-order valence-electron chi connectivity index (χ3n) is 3.53. The predicted octanol–water partition coefficient (Wildman–Crippen LogP) is 4.60. The number of amides is 1. The number of Topliss-reactive ketones (excluding diaryl/α,β-unsaturated/α-hetero) is 1. The maximum Gasteiger partial charge on any atom is 0.412 e. The fraction of sp³-hybridized carbons (Fsp3) is 0.286. The predicted molar refractivity (Wildman–Crippen MR) is 102 cm³/mol. The first kappa shape index (κ1) is 21.1. The summed E-state index contributed by atoms with van der Waals surface area (Å²) in [6.45, 7) is 6.64. The molecule has 2 aromatic carbocycles. The van der Waals surface area contributed by atoms with E-state index in [1.807, 2.05) is 0 Å². The Hall–Kier alpha value is -3.22. The zero-order chi connectivity index (χ0) is 20.9. The normalized spacial score (nSPS) is 12.0. The number of hydrogen-bond acceptors (Lipinski definition) is 5. The Morgan fingerprint density at radius 2 is 1.64 bits per heavy atom. The molecule has 0 bridgehead atoms. The molecule has 0 saturated carbocycles. The maximum atomic E-state index is 13.0. The minimum absolute atomic E-state index is 0.160. The zero-order valence-electron chi connectivity index (χ0n) is 16.1. The van der Waals surface area contributed by atoms with Crippen molar-refractivity contribution in [2.24, 2.45) is 0 Å². The van der Waals surface area contributed by atoms with Crippen LogP contribution in [0.15, 0.2) is 48.5 Å². The van der Waals surface area contributed by atoms with Crippen LogP contribution in [-0.2, 0) is 9.47 Å². The monoisotopic (exact) mass is 387 g/mol. The van der Waals surface area contributed by atoms with Crippen LogP contribution >= 0.6 is 0 Å². The van der Waals surface area contributed by atoms with Crippen molar-refractivity contribution in [2.75, 3.05) is 5.32 Å². The molecule has 7 heteroatoms. The second-order valence-electron chi connectivity index (χ2n) is 7.13. The molecule has 0 aromatic heterocycles. The van der Waals surface area contributed by atoms with E-state index in [0.717, 1.165) is 12.1 Å². The first-order chi connectivity index (χ1) is 13.0. The van der Waals surface area contributed by atoms with E-state index in [9.17, 15) is 18.8 Å². The number of carbonyl (C=O) groups excluding carboxylic acids is 3. The molecular formula is C21H22FNO5. The Balaban J connectivity index is 2.03. The van der Waals surface area contributed by atoms with Crippen LogP contribution in [-0.4, -0.2) is 29.6 Å². The van der Waals surface area contributed by atoms with Gasteiger partial charge in [-0.25, -0.2) is 14.0 Å². The van der Waals surface area contributed by atoms with Crippen LogP contribution in [0, 0.1) is 5.82 Å². The second-order valence-corrected chi connectivity index (χ2v) is 7.13. The summed E-state index contributed by atoms with van der Waals surface area (Å²) < 4.78 is 23.3. The summed E-state index contributed by atoms with van der Waals surface area (Å²) in [5.41, 5.74) is 0.0899. The molecule has 0 heterocycles. The van der Waals surface area contributed by atoms with E-state index in [0.29, 0.717) is 5.69 Å². The number of benzene rings is 2. The molecule has 0 aliphatic carbocycles. The maximum absolute atomic E-state index is 13.0. The molecule has 0 saturated heterocycles. The van der Waals surface area contributed by atoms with Crippen LogP contribution in [0.2, 0.25) is 0 Å². The van der Waals surface area contributed by atoms with Crippen LogP contribution in [0.1, 0.15) is 48.4 Å². The summed E-state index contributed by atoms with van der Waals surface area (Å²) in [4.78, 5) is 36.5. The van der Waals surface area contributed by atoms with E-state index in [1.54, 1.807) is 32.9 Å². The summed E-state index contributed by atoms with van der Waals surface area (Å²) >= 11 is 0. The van der Waals surface area contributed by atoms with Gasteiger partial charge in [-0.1, -0.05) is 6.07 Å². The lowest BCUT2D eigenvalue weighted by atomic mass is 10.1. The summed E-state index contributed by atoms with van der Waals surface area (Å²) in [7, 11) is 0. The van der Waals surface area contributed by atoms with Gasteiger partial charge in [0.2, 0.25) is 5.78 Å². The number of carbonyl (C=O) groups is 3. The van der Waals surface area contributed by atoms with Gasteiger partial charge in [0.15, 0.2) is 6.10 Å². The average molecular weight is 387 g/mol. The number of ketones is 1. The molecule has 148 valence electrons. The number of ether oxygens (including phenoxy) is 2. The van der Waals surface area contributed by atoms with Crippen molar-refractivity contribution in [3.63, 3.8) is 0 Å². The van der Waals surface area contributed by atoms with Gasteiger partial charge in [0.25, 0.3) is 0 Å². The van der Waals surface area contributed by atoms with E-state index in [-0.39, 0.29) is 11.1 Å². The second kappa shape index (κ2) is 8.65. The highest BCUT2D eigenvalue weighted by atomic mass is 19.1. The molecule has 1 amide bonds. The molecule has 0 aliphatic heterocycles. The highest BCUT2D eigenvalue weighted by Gasteiger charge is 2.21. The quantitative estimate of drug-likeness (QED) is 0.599. The van der Waals surface area contributed by atoms with Gasteiger partial charge in [-0.15, -0.1) is 0 Å². The number of esters is 1.